The molecule has 1 saturated heterocycles. The van der Waals surface area contributed by atoms with Gasteiger partial charge >= 0.3 is 18.0 Å². The number of alkyl carbamates (subject to hydrolysis) is 1. The van der Waals surface area contributed by atoms with Gasteiger partial charge in [-0.05, 0) is 73.7 Å². The van der Waals surface area contributed by atoms with Crippen LogP contribution < -0.4 is 15.0 Å². The van der Waals surface area contributed by atoms with Gasteiger partial charge in [0, 0.05) is 97.5 Å². The highest BCUT2D eigenvalue weighted by Crippen LogP contribution is 2.68. The Morgan fingerprint density at radius 3 is 2.57 bits per heavy atom. The molecule has 3 aromatic rings. The van der Waals surface area contributed by atoms with E-state index >= 15 is 4.79 Å². The number of likely N-dealkylation sites (N-methyl/N-ethyl adjacent to an activating group) is 1. The lowest BCUT2D eigenvalue weighted by Gasteiger charge is -2.64. The van der Waals surface area contributed by atoms with Gasteiger partial charge < -0.3 is 39.3 Å². The first-order valence-electron chi connectivity index (χ1n) is 23.0. The number of amides is 1. The molecule has 1 spiro atoms. The van der Waals surface area contributed by atoms with Gasteiger partial charge in [-0.2, -0.15) is 0 Å². The minimum atomic E-state index is -1.89. The molecular formula is C50H65N5O8. The molecule has 2 aromatic carbocycles. The number of ether oxygens (including phenoxy) is 4. The summed E-state index contributed by atoms with van der Waals surface area (Å²) in [6.45, 7) is 13.6. The molecule has 338 valence electrons. The zero-order valence-corrected chi connectivity index (χ0v) is 38.2. The van der Waals surface area contributed by atoms with Crippen molar-refractivity contribution in [3.05, 3.63) is 82.6 Å². The standard InChI is InChI=1S/C50H65N5O8/c1-9-32-22-33-25-49(45(57)61-8,41-35(16-20-54(27-32)28-33)34-14-11-12-15-38(34)52-41)37-23-36-39(24-40(37)60-7)53(6)43-48(36)18-21-55-19-13-17-47(10-2,42(48)55)44(63-31(5)56)50(43,59)29-62-46(58)51-26-30(3)4/h11-15,17,22-24,30,33,42-44,52,59H,9-10,16,18-21,25-29H2,1-8H3,(H,51,58)/t33-,42?,43+,44+,47+,48+,49-,50-/m0/s1. The van der Waals surface area contributed by atoms with Gasteiger partial charge in [-0.3, -0.25) is 19.4 Å². The molecule has 1 aromatic heterocycles. The minimum absolute atomic E-state index is 0.0261. The number of methoxy groups -OCH3 is 2. The molecule has 13 heteroatoms. The number of esters is 2. The van der Waals surface area contributed by atoms with Gasteiger partial charge in [0.1, 0.15) is 23.9 Å². The zero-order chi connectivity index (χ0) is 44.6. The highest BCUT2D eigenvalue weighted by atomic mass is 16.6. The second kappa shape index (κ2) is 16.0. The van der Waals surface area contributed by atoms with E-state index in [4.69, 9.17) is 18.9 Å². The Balaban J connectivity index is 1.32. The van der Waals surface area contributed by atoms with Crippen LogP contribution in [0.15, 0.2) is 60.2 Å². The van der Waals surface area contributed by atoms with Crippen molar-refractivity contribution >= 4 is 34.6 Å². The lowest BCUT2D eigenvalue weighted by Crippen LogP contribution is -2.80. The predicted octanol–water partition coefficient (Wildman–Crippen LogP) is 6.01. The normalized spacial score (nSPS) is 33.0. The number of aromatic nitrogens is 1. The van der Waals surface area contributed by atoms with Crippen molar-refractivity contribution in [2.24, 2.45) is 17.3 Å². The largest absolute Gasteiger partial charge is 0.496 e. The maximum Gasteiger partial charge on any atom is 0.407 e. The van der Waals surface area contributed by atoms with Gasteiger partial charge in [-0.15, -0.1) is 0 Å². The summed E-state index contributed by atoms with van der Waals surface area (Å²) in [6.07, 6.45) is 8.24. The van der Waals surface area contributed by atoms with E-state index in [0.717, 1.165) is 72.4 Å². The summed E-state index contributed by atoms with van der Waals surface area (Å²) in [7, 11) is 5.09. The highest BCUT2D eigenvalue weighted by molar-refractivity contribution is 5.94. The fourth-order valence-corrected chi connectivity index (χ4v) is 13.5. The molecule has 5 aliphatic heterocycles. The van der Waals surface area contributed by atoms with Crippen LogP contribution in [0.1, 0.15) is 82.7 Å². The van der Waals surface area contributed by atoms with Crippen molar-refractivity contribution < 1.29 is 38.4 Å². The topological polar surface area (TPSA) is 146 Å². The number of nitrogens with one attached hydrogen (secondary N) is 2. The number of aliphatic hydroxyl groups is 1. The molecule has 1 amide bonds. The number of nitrogens with zero attached hydrogens (tertiary/aromatic N) is 3. The Morgan fingerprint density at radius 1 is 1.06 bits per heavy atom. The summed E-state index contributed by atoms with van der Waals surface area (Å²) in [4.78, 5) is 52.9. The van der Waals surface area contributed by atoms with Crippen LogP contribution in [0.5, 0.6) is 5.75 Å². The van der Waals surface area contributed by atoms with E-state index in [1.807, 2.05) is 33.0 Å². The Bertz CT molecular complexity index is 2370. The van der Waals surface area contributed by atoms with E-state index in [1.54, 1.807) is 7.11 Å². The van der Waals surface area contributed by atoms with Gasteiger partial charge in [0.2, 0.25) is 0 Å². The van der Waals surface area contributed by atoms with Crippen LogP contribution >= 0.6 is 0 Å². The predicted molar refractivity (Wildman–Crippen MR) is 241 cm³/mol. The van der Waals surface area contributed by atoms with Gasteiger partial charge in [0.05, 0.1) is 20.3 Å². The number of rotatable bonds is 10. The van der Waals surface area contributed by atoms with Crippen LogP contribution in [-0.4, -0.2) is 129 Å². The summed E-state index contributed by atoms with van der Waals surface area (Å²) in [6, 6.07) is 11.6. The summed E-state index contributed by atoms with van der Waals surface area (Å²) in [5, 5.41) is 17.7. The molecule has 0 radical (unpaired) electrons. The molecule has 2 fully saturated rings. The third kappa shape index (κ3) is 6.37. The monoisotopic (exact) mass is 863 g/mol. The molecule has 2 bridgehead atoms. The van der Waals surface area contributed by atoms with Crippen LogP contribution in [0.3, 0.4) is 0 Å². The summed E-state index contributed by atoms with van der Waals surface area (Å²) in [5.74, 6) is -0.151. The molecule has 1 aliphatic carbocycles. The molecule has 2 unspecified atom stereocenters. The smallest absolute Gasteiger partial charge is 0.407 e. The van der Waals surface area contributed by atoms with E-state index < -0.39 is 52.7 Å². The van der Waals surface area contributed by atoms with Crippen molar-refractivity contribution in [1.82, 2.24) is 20.1 Å². The molecule has 6 heterocycles. The number of para-hydroxylation sites is 1. The molecule has 1 saturated carbocycles. The quantitative estimate of drug-likeness (QED) is 0.125. The number of H-pyrrole nitrogens is 1. The molecule has 9 rings (SSSR count). The van der Waals surface area contributed by atoms with Crippen molar-refractivity contribution in [2.45, 2.75) is 101 Å². The number of benzene rings is 2. The number of aromatic amines is 1. The number of hydrogen-bond acceptors (Lipinski definition) is 11. The van der Waals surface area contributed by atoms with Crippen LogP contribution in [0.25, 0.3) is 10.9 Å². The Kier molecular flexibility index (Phi) is 11.0. The SMILES string of the molecule is CCC1=C[C@@H]2CN(CCc3c([nH]c4ccccc34)[C@@](C(=O)OC)(c3cc4c(cc3OC)N(C)[C@H]3[C@@](O)(COC(=O)NCC(C)C)[C@H](OC(C)=O)[C@]5(CC)C=CCN6CC[C@]43C65)C2)C1. The number of anilines is 1. The summed E-state index contributed by atoms with van der Waals surface area (Å²) in [5.41, 5.74) is 1.88. The summed E-state index contributed by atoms with van der Waals surface area (Å²) >= 11 is 0. The summed E-state index contributed by atoms with van der Waals surface area (Å²) < 4.78 is 24.8. The second-order valence-corrected chi connectivity index (χ2v) is 19.5. The molecule has 13 nitrogen and oxygen atoms in total. The van der Waals surface area contributed by atoms with Gasteiger partial charge in [-0.1, -0.05) is 69.7 Å². The van der Waals surface area contributed by atoms with E-state index in [1.165, 1.54) is 19.6 Å². The maximum atomic E-state index is 15.4. The average molecular weight is 864 g/mol. The number of carbonyl (C=O) groups excluding carboxylic acids is 3. The van der Waals surface area contributed by atoms with Gasteiger partial charge in [0.25, 0.3) is 0 Å². The molecule has 9 atom stereocenters. The number of hydrogen-bond donors (Lipinski definition) is 3. The molecular weight excluding hydrogens is 799 g/mol. The van der Waals surface area contributed by atoms with Crippen molar-refractivity contribution in [2.75, 3.05) is 72.0 Å². The van der Waals surface area contributed by atoms with Crippen molar-refractivity contribution in [3.8, 4) is 5.75 Å². The first-order chi connectivity index (χ1) is 30.2. The van der Waals surface area contributed by atoms with Crippen LogP contribution in [0.4, 0.5) is 10.5 Å². The Morgan fingerprint density at radius 2 is 1.86 bits per heavy atom. The fraction of sp³-hybridized carbons (Fsp3) is 0.580. The van der Waals surface area contributed by atoms with E-state index in [9.17, 15) is 14.7 Å². The van der Waals surface area contributed by atoms with E-state index in [2.05, 4.69) is 81.3 Å². The van der Waals surface area contributed by atoms with E-state index in [0.29, 0.717) is 43.7 Å². The maximum absolute atomic E-state index is 15.4. The third-order valence-electron chi connectivity index (χ3n) is 15.7. The minimum Gasteiger partial charge on any atom is -0.496 e. The average Bonchev–Trinajstić information content (AvgIpc) is 3.94. The third-order valence-corrected chi connectivity index (χ3v) is 15.7. The second-order valence-electron chi connectivity index (χ2n) is 19.5. The molecule has 63 heavy (non-hydrogen) atoms. The number of fused-ring (bicyclic) bond motifs is 6. The van der Waals surface area contributed by atoms with E-state index in [-0.39, 0.29) is 23.8 Å². The van der Waals surface area contributed by atoms with Gasteiger partial charge in [-0.25, -0.2) is 4.79 Å². The van der Waals surface area contributed by atoms with Crippen LogP contribution in [-0.2, 0) is 41.1 Å². The van der Waals surface area contributed by atoms with Crippen molar-refractivity contribution in [3.63, 3.8) is 0 Å². The first-order valence-corrected chi connectivity index (χ1v) is 23.0. The molecule has 6 aliphatic rings. The fourth-order valence-electron chi connectivity index (χ4n) is 13.5. The molecule has 3 N–H and O–H groups in total. The highest BCUT2D eigenvalue weighted by Gasteiger charge is 2.78. The Hall–Kier alpha value is -4.85. The lowest BCUT2D eigenvalue weighted by molar-refractivity contribution is -0.228. The zero-order valence-electron chi connectivity index (χ0n) is 38.2. The van der Waals surface area contributed by atoms with Crippen LogP contribution in [0.2, 0.25) is 0 Å². The van der Waals surface area contributed by atoms with Crippen LogP contribution in [0, 0.1) is 17.3 Å². The Labute approximate surface area is 371 Å². The lowest BCUT2D eigenvalue weighted by atomic mass is 9.47. The first kappa shape index (κ1) is 43.4. The van der Waals surface area contributed by atoms with Gasteiger partial charge in [0.15, 0.2) is 5.60 Å². The number of carbonyl (C=O) groups is 3. The van der Waals surface area contributed by atoms with Crippen molar-refractivity contribution in [1.29, 1.82) is 0 Å².